The lowest BCUT2D eigenvalue weighted by atomic mass is 9.96. The fraction of sp³-hybridized carbons (Fsp3) is 0.333. The first-order valence-electron chi connectivity index (χ1n) is 8.56. The molecular weight excluding hydrogens is 348 g/mol. The van der Waals surface area contributed by atoms with Crippen LogP contribution in [0.3, 0.4) is 0 Å². The van der Waals surface area contributed by atoms with Gasteiger partial charge in [-0.1, -0.05) is 57.2 Å². The zero-order valence-corrected chi connectivity index (χ0v) is 16.1. The summed E-state index contributed by atoms with van der Waals surface area (Å²) in [4.78, 5) is 44.5. The summed E-state index contributed by atoms with van der Waals surface area (Å²) in [5, 5.41) is 0. The van der Waals surface area contributed by atoms with Crippen molar-refractivity contribution in [2.75, 3.05) is 0 Å². The molecule has 0 aliphatic heterocycles. The van der Waals surface area contributed by atoms with Crippen molar-refractivity contribution in [2.24, 2.45) is 5.41 Å². The van der Waals surface area contributed by atoms with E-state index in [2.05, 4.69) is 0 Å². The van der Waals surface area contributed by atoms with Crippen molar-refractivity contribution in [2.45, 2.75) is 40.9 Å². The monoisotopic (exact) mass is 372 g/mol. The molecule has 2 aromatic rings. The second-order valence-electron chi connectivity index (χ2n) is 7.26. The lowest BCUT2D eigenvalue weighted by Gasteiger charge is -2.26. The third-order valence-corrected chi connectivity index (χ3v) is 3.86. The van der Waals surface area contributed by atoms with Crippen LogP contribution in [0.15, 0.2) is 48.5 Å². The summed E-state index contributed by atoms with van der Waals surface area (Å²) in [7, 11) is 0. The van der Waals surface area contributed by atoms with E-state index in [0.717, 1.165) is 11.1 Å². The summed E-state index contributed by atoms with van der Waals surface area (Å²) in [6, 6.07) is 13.9. The molecule has 6 heteroatoms. The van der Waals surface area contributed by atoms with Crippen LogP contribution in [0.25, 0.3) is 0 Å². The molecule has 2 aromatic carbocycles. The van der Waals surface area contributed by atoms with E-state index >= 15 is 0 Å². The van der Waals surface area contributed by atoms with Gasteiger partial charge in [0.1, 0.15) is 0 Å². The van der Waals surface area contributed by atoms with Gasteiger partial charge in [0.25, 0.3) is 6.29 Å². The topological polar surface area (TPSA) is 71.1 Å². The van der Waals surface area contributed by atoms with E-state index in [1.807, 2.05) is 12.1 Å². The first-order chi connectivity index (χ1) is 12.7. The van der Waals surface area contributed by atoms with Crippen molar-refractivity contribution in [1.29, 1.82) is 0 Å². The van der Waals surface area contributed by atoms with Crippen molar-refractivity contribution in [3.05, 3.63) is 70.8 Å². The maximum Gasteiger partial charge on any atom is 0.373 e. The molecule has 6 nitrogen and oxygen atoms in total. The minimum atomic E-state index is -1.11. The standard InChI is InChI=1S/C21H24O6/c1-14-10-6-8-12-16(14)18(22)24-26-20(21(3,4)5)27-25-19(23)17-13-9-7-11-15(17)2/h6-13,20H,1-5H3. The van der Waals surface area contributed by atoms with Crippen molar-refractivity contribution in [3.8, 4) is 0 Å². The Bertz CT molecular complexity index is 745. The lowest BCUT2D eigenvalue weighted by molar-refractivity contribution is -0.442. The van der Waals surface area contributed by atoms with Gasteiger partial charge in [0.2, 0.25) is 0 Å². The van der Waals surface area contributed by atoms with E-state index in [9.17, 15) is 9.59 Å². The normalized spacial score (nSPS) is 11.3. The minimum Gasteiger partial charge on any atom is -0.290 e. The molecule has 0 saturated carbocycles. The van der Waals surface area contributed by atoms with Gasteiger partial charge in [0.05, 0.1) is 11.1 Å². The van der Waals surface area contributed by atoms with Gasteiger partial charge < -0.3 is 0 Å². The van der Waals surface area contributed by atoms with E-state index in [4.69, 9.17) is 19.6 Å². The van der Waals surface area contributed by atoms with Crippen LogP contribution in [-0.4, -0.2) is 18.2 Å². The number of hydrogen-bond donors (Lipinski definition) is 0. The summed E-state index contributed by atoms with van der Waals surface area (Å²) in [5.41, 5.74) is 1.64. The van der Waals surface area contributed by atoms with Gasteiger partial charge >= 0.3 is 11.9 Å². The van der Waals surface area contributed by atoms with Crippen LogP contribution in [0, 0.1) is 19.3 Å². The highest BCUT2D eigenvalue weighted by molar-refractivity contribution is 5.91. The molecule has 0 unspecified atom stereocenters. The molecule has 0 heterocycles. The molecule has 0 fully saturated rings. The number of benzene rings is 2. The predicted molar refractivity (Wildman–Crippen MR) is 98.6 cm³/mol. The molecule has 0 radical (unpaired) electrons. The number of carbonyl (C=O) groups is 2. The largest absolute Gasteiger partial charge is 0.373 e. The number of carbonyl (C=O) groups excluding carboxylic acids is 2. The third kappa shape index (κ3) is 5.64. The molecule has 0 aliphatic carbocycles. The summed E-state index contributed by atoms with van der Waals surface area (Å²) >= 11 is 0. The lowest BCUT2D eigenvalue weighted by Crippen LogP contribution is -2.34. The van der Waals surface area contributed by atoms with E-state index < -0.39 is 23.6 Å². The summed E-state index contributed by atoms with van der Waals surface area (Å²) < 4.78 is 0. The molecule has 0 saturated heterocycles. The Kier molecular flexibility index (Phi) is 6.71. The van der Waals surface area contributed by atoms with Crippen molar-refractivity contribution in [1.82, 2.24) is 0 Å². The molecule has 144 valence electrons. The van der Waals surface area contributed by atoms with Crippen molar-refractivity contribution >= 4 is 11.9 Å². The van der Waals surface area contributed by atoms with Crippen LogP contribution in [0.4, 0.5) is 0 Å². The zero-order valence-electron chi connectivity index (χ0n) is 16.1. The Morgan fingerprint density at radius 2 is 1.11 bits per heavy atom. The Hall–Kier alpha value is -2.70. The van der Waals surface area contributed by atoms with Gasteiger partial charge in [-0.15, -0.1) is 9.78 Å². The van der Waals surface area contributed by atoms with Crippen LogP contribution in [0.5, 0.6) is 0 Å². The molecule has 0 aliphatic rings. The highest BCUT2D eigenvalue weighted by Crippen LogP contribution is 2.25. The third-order valence-electron chi connectivity index (χ3n) is 3.86. The predicted octanol–water partition coefficient (Wildman–Crippen LogP) is 4.55. The highest BCUT2D eigenvalue weighted by atomic mass is 17.3. The number of aryl methyl sites for hydroxylation is 2. The van der Waals surface area contributed by atoms with E-state index in [-0.39, 0.29) is 0 Å². The molecular formula is C21H24O6. The van der Waals surface area contributed by atoms with Gasteiger partial charge in [-0.2, -0.15) is 0 Å². The summed E-state index contributed by atoms with van der Waals surface area (Å²) in [6.07, 6.45) is -1.11. The molecule has 0 amide bonds. The van der Waals surface area contributed by atoms with Crippen molar-refractivity contribution < 1.29 is 29.1 Å². The van der Waals surface area contributed by atoms with E-state index in [1.54, 1.807) is 71.0 Å². The SMILES string of the molecule is Cc1ccccc1C(=O)OOC(OOC(=O)c1ccccc1C)C(C)(C)C. The Labute approximate surface area is 158 Å². The first-order valence-corrected chi connectivity index (χ1v) is 8.56. The van der Waals surface area contributed by atoms with E-state index in [1.165, 1.54) is 0 Å². The van der Waals surface area contributed by atoms with Crippen LogP contribution in [0.2, 0.25) is 0 Å². The number of rotatable bonds is 6. The summed E-state index contributed by atoms with van der Waals surface area (Å²) in [6.45, 7) is 8.96. The zero-order chi connectivity index (χ0) is 20.0. The Morgan fingerprint density at radius 1 is 0.741 bits per heavy atom. The van der Waals surface area contributed by atoms with Gasteiger partial charge in [0, 0.05) is 5.41 Å². The van der Waals surface area contributed by atoms with Gasteiger partial charge in [-0.25, -0.2) is 9.59 Å². The number of hydrogen-bond acceptors (Lipinski definition) is 6. The molecule has 27 heavy (non-hydrogen) atoms. The minimum absolute atomic E-state index is 0.377. The van der Waals surface area contributed by atoms with Gasteiger partial charge in [-0.05, 0) is 37.1 Å². The van der Waals surface area contributed by atoms with E-state index in [0.29, 0.717) is 11.1 Å². The van der Waals surface area contributed by atoms with Crippen LogP contribution < -0.4 is 0 Å². The smallest absolute Gasteiger partial charge is 0.290 e. The summed E-state index contributed by atoms with van der Waals surface area (Å²) in [5.74, 6) is -1.31. The van der Waals surface area contributed by atoms with Crippen molar-refractivity contribution in [3.63, 3.8) is 0 Å². The first kappa shape index (κ1) is 20.6. The second kappa shape index (κ2) is 8.79. The fourth-order valence-corrected chi connectivity index (χ4v) is 2.17. The maximum absolute atomic E-state index is 12.2. The molecule has 0 bridgehead atoms. The molecule has 2 rings (SSSR count). The Morgan fingerprint density at radius 3 is 1.44 bits per heavy atom. The van der Waals surface area contributed by atoms with Crippen LogP contribution >= 0.6 is 0 Å². The maximum atomic E-state index is 12.2. The highest BCUT2D eigenvalue weighted by Gasteiger charge is 2.32. The Balaban J connectivity index is 2.00. The van der Waals surface area contributed by atoms with Crippen LogP contribution in [-0.2, 0) is 19.6 Å². The van der Waals surface area contributed by atoms with Gasteiger partial charge in [-0.3, -0.25) is 9.78 Å². The average molecular weight is 372 g/mol. The second-order valence-corrected chi connectivity index (χ2v) is 7.26. The fourth-order valence-electron chi connectivity index (χ4n) is 2.17. The molecule has 0 N–H and O–H groups in total. The van der Waals surface area contributed by atoms with Gasteiger partial charge in [0.15, 0.2) is 0 Å². The average Bonchev–Trinajstić information content (AvgIpc) is 2.60. The molecule has 0 atom stereocenters. The quantitative estimate of drug-likeness (QED) is 0.421. The molecule has 0 spiro atoms. The molecule has 0 aromatic heterocycles. The van der Waals surface area contributed by atoms with Crippen LogP contribution in [0.1, 0.15) is 52.6 Å².